The van der Waals surface area contributed by atoms with Crippen molar-refractivity contribution in [1.29, 1.82) is 0 Å². The molecule has 0 N–H and O–H groups in total. The van der Waals surface area contributed by atoms with Crippen molar-refractivity contribution < 1.29 is 0 Å². The summed E-state index contributed by atoms with van der Waals surface area (Å²) in [6.07, 6.45) is 24.2. The van der Waals surface area contributed by atoms with Gasteiger partial charge in [0.05, 0.1) is 0 Å². The highest BCUT2D eigenvalue weighted by Gasteiger charge is 2.28. The Bertz CT molecular complexity index is 473. The minimum Gasteiger partial charge on any atom is -0.300 e. The molecule has 2 heteroatoms. The lowest BCUT2D eigenvalue weighted by atomic mass is 9.85. The zero-order valence-electron chi connectivity index (χ0n) is 20.8. The van der Waals surface area contributed by atoms with Crippen LogP contribution in [0.25, 0.3) is 0 Å². The van der Waals surface area contributed by atoms with Crippen molar-refractivity contribution in [3.63, 3.8) is 0 Å². The minimum atomic E-state index is 0. The van der Waals surface area contributed by atoms with Crippen LogP contribution in [0.1, 0.15) is 129 Å². The second kappa shape index (κ2) is 19.2. The first-order valence-corrected chi connectivity index (χ1v) is 12.8. The molecule has 1 unspecified atom stereocenters. The van der Waals surface area contributed by atoms with E-state index in [-0.39, 0.29) is 17.9 Å². The Morgan fingerprint density at radius 1 is 0.600 bits per heavy atom. The highest BCUT2D eigenvalue weighted by atomic mass is 35.5. The molecular formula is C28H52ClN. The van der Waals surface area contributed by atoms with Gasteiger partial charge in [-0.1, -0.05) is 140 Å². The fourth-order valence-electron chi connectivity index (χ4n) is 4.44. The van der Waals surface area contributed by atoms with Crippen LogP contribution < -0.4 is 0 Å². The molecule has 1 atom stereocenters. The van der Waals surface area contributed by atoms with Gasteiger partial charge in [0.15, 0.2) is 0 Å². The van der Waals surface area contributed by atoms with Gasteiger partial charge in [0.1, 0.15) is 0 Å². The molecule has 0 radical (unpaired) electrons. The van der Waals surface area contributed by atoms with E-state index in [0.29, 0.717) is 0 Å². The van der Waals surface area contributed by atoms with Gasteiger partial charge in [-0.3, -0.25) is 4.90 Å². The van der Waals surface area contributed by atoms with Crippen LogP contribution in [0.2, 0.25) is 0 Å². The van der Waals surface area contributed by atoms with Crippen molar-refractivity contribution in [1.82, 2.24) is 4.90 Å². The van der Waals surface area contributed by atoms with Gasteiger partial charge in [0.2, 0.25) is 0 Å². The molecule has 0 bridgehead atoms. The molecule has 0 heterocycles. The maximum absolute atomic E-state index is 2.40. The normalized spacial score (nSPS) is 13.2. The molecule has 1 rings (SSSR count). The quantitative estimate of drug-likeness (QED) is 0.195. The van der Waals surface area contributed by atoms with Crippen LogP contribution in [0.4, 0.5) is 0 Å². The molecule has 1 aromatic carbocycles. The SMILES string of the molecule is CCCCCCCCCCCCCCCCCCC(C)(c1ccccc1)N(C)C.Cl. The summed E-state index contributed by atoms with van der Waals surface area (Å²) in [6.45, 7) is 4.69. The lowest BCUT2D eigenvalue weighted by Crippen LogP contribution is -2.38. The van der Waals surface area contributed by atoms with E-state index in [1.54, 1.807) is 0 Å². The largest absolute Gasteiger partial charge is 0.300 e. The number of hydrogen-bond acceptors (Lipinski definition) is 1. The molecule has 0 spiro atoms. The lowest BCUT2D eigenvalue weighted by Gasteiger charge is -2.37. The fourth-order valence-corrected chi connectivity index (χ4v) is 4.44. The van der Waals surface area contributed by atoms with Crippen molar-refractivity contribution in [2.45, 2.75) is 129 Å². The number of halogens is 1. The smallest absolute Gasteiger partial charge is 0.0426 e. The lowest BCUT2D eigenvalue weighted by molar-refractivity contribution is 0.156. The van der Waals surface area contributed by atoms with Crippen molar-refractivity contribution in [3.05, 3.63) is 35.9 Å². The maximum atomic E-state index is 2.40. The Labute approximate surface area is 195 Å². The van der Waals surface area contributed by atoms with Gasteiger partial charge in [-0.05, 0) is 33.0 Å². The third-order valence-corrected chi connectivity index (χ3v) is 6.90. The minimum absolute atomic E-state index is 0. The Morgan fingerprint density at radius 2 is 0.967 bits per heavy atom. The summed E-state index contributed by atoms with van der Waals surface area (Å²) in [6, 6.07) is 11.0. The third-order valence-electron chi connectivity index (χ3n) is 6.90. The Balaban J connectivity index is 0.00000841. The van der Waals surface area contributed by atoms with E-state index >= 15 is 0 Å². The molecule has 0 aliphatic carbocycles. The number of nitrogens with zero attached hydrogens (tertiary/aromatic N) is 1. The first-order valence-electron chi connectivity index (χ1n) is 12.8. The monoisotopic (exact) mass is 437 g/mol. The Kier molecular flexibility index (Phi) is 18.8. The number of hydrogen-bond donors (Lipinski definition) is 0. The predicted molar refractivity (Wildman–Crippen MR) is 139 cm³/mol. The average Bonchev–Trinajstić information content (AvgIpc) is 2.73. The van der Waals surface area contributed by atoms with Crippen LogP contribution >= 0.6 is 12.4 Å². The first-order chi connectivity index (χ1) is 14.1. The molecule has 1 aromatic rings. The number of unbranched alkanes of at least 4 members (excludes halogenated alkanes) is 15. The van der Waals surface area contributed by atoms with Gasteiger partial charge in [0, 0.05) is 5.54 Å². The maximum Gasteiger partial charge on any atom is 0.0426 e. The van der Waals surface area contributed by atoms with Gasteiger partial charge >= 0.3 is 0 Å². The third kappa shape index (κ3) is 13.0. The van der Waals surface area contributed by atoms with Crippen molar-refractivity contribution in [2.75, 3.05) is 14.1 Å². The van der Waals surface area contributed by atoms with Gasteiger partial charge in [-0.2, -0.15) is 0 Å². The zero-order valence-corrected chi connectivity index (χ0v) is 21.6. The second-order valence-electron chi connectivity index (χ2n) is 9.59. The Hall–Kier alpha value is -0.530. The van der Waals surface area contributed by atoms with E-state index in [0.717, 1.165) is 0 Å². The molecule has 0 saturated heterocycles. The zero-order chi connectivity index (χ0) is 21.2. The van der Waals surface area contributed by atoms with Crippen molar-refractivity contribution in [2.24, 2.45) is 0 Å². The van der Waals surface area contributed by atoms with Gasteiger partial charge in [-0.25, -0.2) is 0 Å². The summed E-state index contributed by atoms with van der Waals surface area (Å²) < 4.78 is 0. The topological polar surface area (TPSA) is 3.24 Å². The molecule has 0 fully saturated rings. The second-order valence-corrected chi connectivity index (χ2v) is 9.59. The summed E-state index contributed by atoms with van der Waals surface area (Å²) in [5.74, 6) is 0. The molecule has 0 aliphatic heterocycles. The first kappa shape index (κ1) is 29.5. The highest BCUT2D eigenvalue weighted by Crippen LogP contribution is 2.31. The van der Waals surface area contributed by atoms with Crippen LogP contribution in [0.5, 0.6) is 0 Å². The van der Waals surface area contributed by atoms with Crippen LogP contribution in [-0.2, 0) is 5.54 Å². The molecule has 30 heavy (non-hydrogen) atoms. The highest BCUT2D eigenvalue weighted by molar-refractivity contribution is 5.85. The van der Waals surface area contributed by atoms with E-state index in [2.05, 4.69) is 63.2 Å². The molecule has 1 nitrogen and oxygen atoms in total. The standard InChI is InChI=1S/C28H51N.ClH/c1-5-6-7-8-9-10-11-12-13-14-15-16-17-18-19-23-26-28(2,29(3)4)27-24-21-20-22-25-27;/h20-22,24-25H,5-19,23,26H2,1-4H3;1H. The van der Waals surface area contributed by atoms with E-state index in [1.165, 1.54) is 115 Å². The number of benzene rings is 1. The van der Waals surface area contributed by atoms with E-state index in [1.807, 2.05) is 0 Å². The molecule has 0 amide bonds. The molecule has 0 aliphatic rings. The summed E-state index contributed by atoms with van der Waals surface area (Å²) in [5.41, 5.74) is 1.61. The van der Waals surface area contributed by atoms with E-state index in [9.17, 15) is 0 Å². The molecule has 0 saturated carbocycles. The van der Waals surface area contributed by atoms with Crippen LogP contribution in [0.15, 0.2) is 30.3 Å². The van der Waals surface area contributed by atoms with Gasteiger partial charge in [0.25, 0.3) is 0 Å². The van der Waals surface area contributed by atoms with Crippen molar-refractivity contribution >= 4 is 12.4 Å². The van der Waals surface area contributed by atoms with Gasteiger partial charge < -0.3 is 0 Å². The molecule has 176 valence electrons. The summed E-state index contributed by atoms with van der Waals surface area (Å²) in [5, 5.41) is 0. The predicted octanol–water partition coefficient (Wildman–Crippen LogP) is 9.54. The Morgan fingerprint density at radius 3 is 1.33 bits per heavy atom. The average molecular weight is 438 g/mol. The van der Waals surface area contributed by atoms with Crippen LogP contribution in [0.3, 0.4) is 0 Å². The van der Waals surface area contributed by atoms with E-state index < -0.39 is 0 Å². The molecule has 0 aromatic heterocycles. The van der Waals surface area contributed by atoms with Crippen LogP contribution in [-0.4, -0.2) is 19.0 Å². The fraction of sp³-hybridized carbons (Fsp3) is 0.786. The van der Waals surface area contributed by atoms with Gasteiger partial charge in [-0.15, -0.1) is 12.4 Å². The van der Waals surface area contributed by atoms with Crippen LogP contribution in [0, 0.1) is 0 Å². The summed E-state index contributed by atoms with van der Waals surface area (Å²) in [4.78, 5) is 2.40. The number of rotatable bonds is 19. The summed E-state index contributed by atoms with van der Waals surface area (Å²) in [7, 11) is 4.44. The summed E-state index contributed by atoms with van der Waals surface area (Å²) >= 11 is 0. The van der Waals surface area contributed by atoms with E-state index in [4.69, 9.17) is 0 Å². The van der Waals surface area contributed by atoms with Crippen molar-refractivity contribution in [3.8, 4) is 0 Å². The molecular weight excluding hydrogens is 386 g/mol.